The number of esters is 1. The molecule has 1 N–H and O–H groups in total. The molecule has 10 nitrogen and oxygen atoms in total. The molecule has 0 saturated carbocycles. The number of aliphatic hydroxyl groups is 1. The highest BCUT2D eigenvalue weighted by Crippen LogP contribution is 2.44. The third-order valence-electron chi connectivity index (χ3n) is 7.50. The highest BCUT2D eigenvalue weighted by Gasteiger charge is 2.57. The molecular weight excluding hydrogens is 547 g/mol. The van der Waals surface area contributed by atoms with Gasteiger partial charge in [-0.05, 0) is 67.2 Å². The van der Waals surface area contributed by atoms with Crippen molar-refractivity contribution >= 4 is 5.97 Å². The molecule has 1 aromatic heterocycles. The van der Waals surface area contributed by atoms with E-state index in [1.54, 1.807) is 19.9 Å². The maximum atomic E-state index is 14.8. The normalized spacial score (nSPS) is 25.9. The van der Waals surface area contributed by atoms with Crippen LogP contribution >= 0.6 is 0 Å². The molecule has 0 unspecified atom stereocenters. The minimum Gasteiger partial charge on any atom is -0.466 e. The number of nitrogens with zero attached hydrogens (tertiary/aromatic N) is 2. The molecule has 2 fully saturated rings. The summed E-state index contributed by atoms with van der Waals surface area (Å²) in [6.45, 7) is 11.2. The van der Waals surface area contributed by atoms with Gasteiger partial charge in [-0.2, -0.15) is 4.39 Å². The van der Waals surface area contributed by atoms with Crippen LogP contribution in [0.3, 0.4) is 0 Å². The molecule has 0 amide bonds. The zero-order valence-electron chi connectivity index (χ0n) is 25.6. The second-order valence-corrected chi connectivity index (χ2v) is 11.4. The minimum atomic E-state index is -1.22. The van der Waals surface area contributed by atoms with Crippen LogP contribution in [0.25, 0.3) is 0 Å². The summed E-state index contributed by atoms with van der Waals surface area (Å²) in [6, 6.07) is 0. The maximum Gasteiger partial charge on any atom is 0.333 e. The third-order valence-corrected chi connectivity index (χ3v) is 7.50. The fraction of sp³-hybridized carbons (Fsp3) is 0.645. The molecule has 2 saturated heterocycles. The van der Waals surface area contributed by atoms with Crippen LogP contribution in [-0.2, 0) is 30.3 Å². The average molecular weight is 593 g/mol. The zero-order valence-corrected chi connectivity index (χ0v) is 25.6. The Balaban J connectivity index is 1.75. The van der Waals surface area contributed by atoms with Gasteiger partial charge < -0.3 is 24.1 Å². The predicted octanol–water partition coefficient (Wildman–Crippen LogP) is 4.30. The summed E-state index contributed by atoms with van der Waals surface area (Å²) in [5.41, 5.74) is 1.76. The molecule has 0 aliphatic carbocycles. The Morgan fingerprint density at radius 1 is 1.05 bits per heavy atom. The van der Waals surface area contributed by atoms with Crippen molar-refractivity contribution < 1.29 is 33.2 Å². The van der Waals surface area contributed by atoms with E-state index in [0.717, 1.165) is 46.6 Å². The maximum absolute atomic E-state index is 14.8. The smallest absolute Gasteiger partial charge is 0.333 e. The van der Waals surface area contributed by atoms with Crippen molar-refractivity contribution in [1.82, 2.24) is 9.13 Å². The number of aromatic nitrogens is 2. The molecule has 0 radical (unpaired) electrons. The first kappa shape index (κ1) is 33.6. The molecule has 42 heavy (non-hydrogen) atoms. The molecule has 3 rings (SSSR count). The third kappa shape index (κ3) is 8.59. The highest BCUT2D eigenvalue weighted by atomic mass is 19.1. The van der Waals surface area contributed by atoms with Crippen LogP contribution < -0.4 is 11.2 Å². The van der Waals surface area contributed by atoms with E-state index in [9.17, 15) is 23.9 Å². The molecule has 234 valence electrons. The SMILES string of the molecule is CCOC(=O)CC[C@@]1(C)O[C@@H]2[C@H](O1)[C@@H](CO)O[C@H]2n1cc(F)c(=O)n(C/C=C(\C)CC/C=C(\C)CCC=C(C)C)c1=O. The summed E-state index contributed by atoms with van der Waals surface area (Å²) in [7, 11) is 0. The van der Waals surface area contributed by atoms with Crippen molar-refractivity contribution in [3.8, 4) is 0 Å². The molecule has 0 aromatic carbocycles. The van der Waals surface area contributed by atoms with Crippen molar-refractivity contribution in [3.63, 3.8) is 0 Å². The Bertz CT molecular complexity index is 1310. The number of aliphatic hydroxyl groups excluding tert-OH is 1. The first-order chi connectivity index (χ1) is 19.9. The fourth-order valence-electron chi connectivity index (χ4n) is 5.15. The van der Waals surface area contributed by atoms with Gasteiger partial charge in [0, 0.05) is 13.0 Å². The van der Waals surface area contributed by atoms with Gasteiger partial charge in [-0.15, -0.1) is 0 Å². The van der Waals surface area contributed by atoms with Gasteiger partial charge in [0.05, 0.1) is 25.8 Å². The summed E-state index contributed by atoms with van der Waals surface area (Å²) in [6.07, 6.45) is 7.03. The molecule has 0 bridgehead atoms. The highest BCUT2D eigenvalue weighted by molar-refractivity contribution is 5.69. The number of rotatable bonds is 14. The topological polar surface area (TPSA) is 118 Å². The van der Waals surface area contributed by atoms with Crippen molar-refractivity contribution in [3.05, 3.63) is 67.8 Å². The van der Waals surface area contributed by atoms with E-state index in [-0.39, 0.29) is 26.0 Å². The van der Waals surface area contributed by atoms with E-state index in [4.69, 9.17) is 18.9 Å². The van der Waals surface area contributed by atoms with E-state index < -0.39 is 60.0 Å². The van der Waals surface area contributed by atoms with Crippen molar-refractivity contribution in [2.24, 2.45) is 0 Å². The standard InChI is InChI=1S/C31H45FN2O8/c1-7-39-25(36)14-16-31(6)41-26-24(19-35)40-29(27(26)42-31)34-18-23(32)28(37)33(30(34)38)17-15-22(5)13-9-12-21(4)11-8-10-20(2)3/h10,12,15,18,24,26-27,29,35H,7-9,11,13-14,16-17,19H2,1-6H3/b21-12+,22-15+/t24-,26-,27-,29-,31-/m1/s1. The van der Waals surface area contributed by atoms with Crippen LogP contribution in [0.2, 0.25) is 0 Å². The lowest BCUT2D eigenvalue weighted by molar-refractivity contribution is -0.215. The number of halogens is 1. The predicted molar refractivity (Wildman–Crippen MR) is 155 cm³/mol. The Hall–Kier alpha value is -2.86. The van der Waals surface area contributed by atoms with E-state index in [1.165, 1.54) is 11.1 Å². The summed E-state index contributed by atoms with van der Waals surface area (Å²) in [5, 5.41) is 9.91. The first-order valence-electron chi connectivity index (χ1n) is 14.6. The molecule has 11 heteroatoms. The lowest BCUT2D eigenvalue weighted by Crippen LogP contribution is -2.44. The zero-order chi connectivity index (χ0) is 31.0. The lowest BCUT2D eigenvalue weighted by Gasteiger charge is -2.27. The van der Waals surface area contributed by atoms with E-state index >= 15 is 0 Å². The molecule has 2 aliphatic heterocycles. The fourth-order valence-corrected chi connectivity index (χ4v) is 5.15. The van der Waals surface area contributed by atoms with Crippen molar-refractivity contribution in [1.29, 1.82) is 0 Å². The van der Waals surface area contributed by atoms with Gasteiger partial charge in [-0.3, -0.25) is 18.7 Å². The number of hydrogen-bond acceptors (Lipinski definition) is 8. The number of hydrogen-bond donors (Lipinski definition) is 1. The largest absolute Gasteiger partial charge is 0.466 e. The van der Waals surface area contributed by atoms with E-state index in [0.29, 0.717) is 0 Å². The Kier molecular flexibility index (Phi) is 12.0. The molecule has 1 aromatic rings. The van der Waals surface area contributed by atoms with Crippen LogP contribution in [0, 0.1) is 5.82 Å². The summed E-state index contributed by atoms with van der Waals surface area (Å²) in [5.74, 6) is -2.74. The van der Waals surface area contributed by atoms with Gasteiger partial charge >= 0.3 is 11.7 Å². The summed E-state index contributed by atoms with van der Waals surface area (Å²) in [4.78, 5) is 37.9. The Morgan fingerprint density at radius 3 is 2.33 bits per heavy atom. The first-order valence-corrected chi connectivity index (χ1v) is 14.6. The van der Waals surface area contributed by atoms with Crippen molar-refractivity contribution in [2.75, 3.05) is 13.2 Å². The Labute approximate surface area is 246 Å². The number of allylic oxidation sites excluding steroid dienone is 6. The number of carbonyl (C=O) groups is 1. The van der Waals surface area contributed by atoms with Crippen LogP contribution in [0.15, 0.2) is 50.7 Å². The van der Waals surface area contributed by atoms with E-state index in [2.05, 4.69) is 32.9 Å². The Morgan fingerprint density at radius 2 is 1.69 bits per heavy atom. The summed E-state index contributed by atoms with van der Waals surface area (Å²) < 4.78 is 39.6. The average Bonchev–Trinajstić information content (AvgIpc) is 3.44. The second-order valence-electron chi connectivity index (χ2n) is 11.4. The monoisotopic (exact) mass is 592 g/mol. The lowest BCUT2D eigenvalue weighted by atomic mass is 10.1. The second kappa shape index (κ2) is 15.0. The van der Waals surface area contributed by atoms with Crippen LogP contribution in [-0.4, -0.2) is 57.5 Å². The van der Waals surface area contributed by atoms with E-state index in [1.807, 2.05) is 6.92 Å². The molecular formula is C31H45FN2O8. The van der Waals surface area contributed by atoms with Gasteiger partial charge in [-0.1, -0.05) is 34.9 Å². The van der Waals surface area contributed by atoms with Gasteiger partial charge in [0.15, 0.2) is 12.0 Å². The number of carbonyl (C=O) groups excluding carboxylic acids is 1. The summed E-state index contributed by atoms with van der Waals surface area (Å²) >= 11 is 0. The minimum absolute atomic E-state index is 0.0372. The van der Waals surface area contributed by atoms with Gasteiger partial charge in [-0.25, -0.2) is 4.79 Å². The van der Waals surface area contributed by atoms with Crippen molar-refractivity contribution in [2.45, 2.75) is 117 Å². The van der Waals surface area contributed by atoms with Crippen LogP contribution in [0.1, 0.15) is 86.3 Å². The van der Waals surface area contributed by atoms with Gasteiger partial charge in [0.1, 0.15) is 18.3 Å². The van der Waals surface area contributed by atoms with Crippen LogP contribution in [0.5, 0.6) is 0 Å². The van der Waals surface area contributed by atoms with Crippen LogP contribution in [0.4, 0.5) is 4.39 Å². The van der Waals surface area contributed by atoms with Gasteiger partial charge in [0.2, 0.25) is 5.82 Å². The molecule has 3 heterocycles. The molecule has 5 atom stereocenters. The van der Waals surface area contributed by atoms with Gasteiger partial charge in [0.25, 0.3) is 5.56 Å². The molecule has 0 spiro atoms. The number of ether oxygens (including phenoxy) is 4. The molecule has 2 aliphatic rings. The number of fused-ring (bicyclic) bond motifs is 1. The quantitative estimate of drug-likeness (QED) is 0.251.